The molecule has 234 valence electrons. The molecule has 4 aromatic rings. The molecule has 1 unspecified atom stereocenters. The number of nitrogens with zero attached hydrogens (tertiary/aromatic N) is 5. The number of alkyl halides is 3. The van der Waals surface area contributed by atoms with Crippen LogP contribution in [0.1, 0.15) is 31.7 Å². The van der Waals surface area contributed by atoms with Crippen LogP contribution in [-0.2, 0) is 20.4 Å². The zero-order chi connectivity index (χ0) is 31.5. The quantitative estimate of drug-likeness (QED) is 0.321. The number of hydrogen-bond acceptors (Lipinski definition) is 10. The van der Waals surface area contributed by atoms with Crippen LogP contribution in [0.3, 0.4) is 0 Å². The fraction of sp³-hybridized carbons (Fsp3) is 0.419. The van der Waals surface area contributed by atoms with E-state index in [0.717, 1.165) is 0 Å². The molecule has 0 saturated carbocycles. The minimum Gasteiger partial charge on any atom is -0.480 e. The molecule has 6 heterocycles. The number of carboxylic acids is 1. The largest absolute Gasteiger partial charge is 0.480 e. The number of aliphatic carboxylic acids is 1. The maximum atomic E-state index is 14.0. The van der Waals surface area contributed by atoms with E-state index in [9.17, 15) is 23.1 Å². The predicted octanol–water partition coefficient (Wildman–Crippen LogP) is 4.27. The zero-order valence-electron chi connectivity index (χ0n) is 24.3. The van der Waals surface area contributed by atoms with Crippen LogP contribution in [0, 0.1) is 11.8 Å². The van der Waals surface area contributed by atoms with Gasteiger partial charge >= 0.3 is 12.1 Å². The Bertz CT molecular complexity index is 1860. The van der Waals surface area contributed by atoms with Crippen molar-refractivity contribution in [2.45, 2.75) is 50.2 Å². The molecule has 1 N–H and O–H groups in total. The Morgan fingerprint density at radius 2 is 2.00 bits per heavy atom. The molecule has 0 bridgehead atoms. The number of carbonyl (C=O) groups is 1. The summed E-state index contributed by atoms with van der Waals surface area (Å²) in [5, 5.41) is 10.6. The van der Waals surface area contributed by atoms with Gasteiger partial charge in [-0.2, -0.15) is 13.2 Å². The number of hydrogen-bond donors (Lipinski definition) is 1. The van der Waals surface area contributed by atoms with Crippen molar-refractivity contribution in [2.75, 3.05) is 42.7 Å². The lowest BCUT2D eigenvalue weighted by molar-refractivity contribution is -0.228. The van der Waals surface area contributed by atoms with Crippen molar-refractivity contribution < 1.29 is 41.7 Å². The highest BCUT2D eigenvalue weighted by atomic mass is 19.4. The lowest BCUT2D eigenvalue weighted by Gasteiger charge is -2.53. The Morgan fingerprint density at radius 1 is 1.20 bits per heavy atom. The third-order valence-corrected chi connectivity index (χ3v) is 8.61. The standard InChI is InChI=1S/C31H28F3N5O6/c1-3-6-18-11-21(38-9-10-43-30(17(38)2)15-42-16-30)27(35-13-18)44-19-12-22(28(40)41)39(14-19)26-25-24(36-29(37-26)31(32,33)34)20-7-4-5-8-23(20)45-25/h4-5,7-8,11,13,17,19,22H,9-10,12,14-16H2,1-2H3,(H,40,41)/t17-,19?,22-/m0/s1. The lowest BCUT2D eigenvalue weighted by Crippen LogP contribution is -2.68. The number of rotatable bonds is 5. The fourth-order valence-corrected chi connectivity index (χ4v) is 6.26. The van der Waals surface area contributed by atoms with Crippen LogP contribution in [0.15, 0.2) is 40.9 Å². The Labute approximate surface area is 254 Å². The van der Waals surface area contributed by atoms with Gasteiger partial charge in [0, 0.05) is 30.1 Å². The van der Waals surface area contributed by atoms with Gasteiger partial charge in [-0.3, -0.25) is 0 Å². The Balaban J connectivity index is 1.26. The summed E-state index contributed by atoms with van der Waals surface area (Å²) < 4.78 is 65.8. The highest BCUT2D eigenvalue weighted by Gasteiger charge is 2.50. The van der Waals surface area contributed by atoms with E-state index in [1.54, 1.807) is 37.4 Å². The maximum absolute atomic E-state index is 14.0. The molecular formula is C31H28F3N5O6. The van der Waals surface area contributed by atoms with Gasteiger partial charge in [-0.25, -0.2) is 19.7 Å². The molecule has 45 heavy (non-hydrogen) atoms. The summed E-state index contributed by atoms with van der Waals surface area (Å²) in [5.74, 6) is 3.24. The average Bonchev–Trinajstić information content (AvgIpc) is 3.58. The second kappa shape index (κ2) is 10.8. The highest BCUT2D eigenvalue weighted by Crippen LogP contribution is 2.41. The van der Waals surface area contributed by atoms with E-state index in [-0.39, 0.29) is 41.8 Å². The van der Waals surface area contributed by atoms with E-state index in [4.69, 9.17) is 18.6 Å². The summed E-state index contributed by atoms with van der Waals surface area (Å²) >= 11 is 0. The Hall–Kier alpha value is -4.61. The molecule has 3 aromatic heterocycles. The third-order valence-electron chi connectivity index (χ3n) is 8.61. The number of pyridine rings is 1. The van der Waals surface area contributed by atoms with Crippen LogP contribution in [0.5, 0.6) is 5.88 Å². The van der Waals surface area contributed by atoms with E-state index in [1.807, 2.05) is 13.0 Å². The number of halogens is 3. The number of benzene rings is 1. The molecular weight excluding hydrogens is 595 g/mol. The van der Waals surface area contributed by atoms with Gasteiger partial charge in [0.05, 0.1) is 32.4 Å². The lowest BCUT2D eigenvalue weighted by atomic mass is 9.90. The van der Waals surface area contributed by atoms with Gasteiger partial charge in [-0.05, 0) is 32.0 Å². The van der Waals surface area contributed by atoms with Gasteiger partial charge < -0.3 is 33.5 Å². The van der Waals surface area contributed by atoms with Gasteiger partial charge in [-0.1, -0.05) is 18.1 Å². The molecule has 1 spiro atoms. The first-order chi connectivity index (χ1) is 21.6. The summed E-state index contributed by atoms with van der Waals surface area (Å²) in [4.78, 5) is 28.0. The number of fused-ring (bicyclic) bond motifs is 3. The minimum absolute atomic E-state index is 0.0347. The van der Waals surface area contributed by atoms with Crippen molar-refractivity contribution in [2.24, 2.45) is 0 Å². The first kappa shape index (κ1) is 29.1. The number of carboxylic acid groups (broad SMARTS) is 1. The molecule has 14 heteroatoms. The van der Waals surface area contributed by atoms with E-state index >= 15 is 0 Å². The molecule has 0 amide bonds. The van der Waals surface area contributed by atoms with Crippen LogP contribution >= 0.6 is 0 Å². The summed E-state index contributed by atoms with van der Waals surface area (Å²) in [6.45, 7) is 5.57. The first-order valence-corrected chi connectivity index (χ1v) is 14.4. The topological polar surface area (TPSA) is 123 Å². The smallest absolute Gasteiger partial charge is 0.451 e. The summed E-state index contributed by atoms with van der Waals surface area (Å²) in [5.41, 5.74) is 1.07. The van der Waals surface area contributed by atoms with Crippen LogP contribution in [-0.4, -0.2) is 82.7 Å². The summed E-state index contributed by atoms with van der Waals surface area (Å²) in [6, 6.07) is 7.05. The monoisotopic (exact) mass is 623 g/mol. The van der Waals surface area contributed by atoms with Gasteiger partial charge in [0.2, 0.25) is 11.7 Å². The van der Waals surface area contributed by atoms with Crippen molar-refractivity contribution in [3.63, 3.8) is 0 Å². The second-order valence-electron chi connectivity index (χ2n) is 11.3. The van der Waals surface area contributed by atoms with Crippen LogP contribution in [0.4, 0.5) is 24.7 Å². The summed E-state index contributed by atoms with van der Waals surface area (Å²) in [6.07, 6.45) is -4.12. The van der Waals surface area contributed by atoms with Crippen LogP contribution < -0.4 is 14.5 Å². The molecule has 3 atom stereocenters. The van der Waals surface area contributed by atoms with E-state index in [2.05, 4.69) is 31.7 Å². The average molecular weight is 624 g/mol. The molecule has 11 nitrogen and oxygen atoms in total. The minimum atomic E-state index is -4.88. The highest BCUT2D eigenvalue weighted by molar-refractivity contribution is 6.06. The zero-order valence-corrected chi connectivity index (χ0v) is 24.3. The first-order valence-electron chi connectivity index (χ1n) is 14.4. The Kier molecular flexibility index (Phi) is 6.97. The van der Waals surface area contributed by atoms with Gasteiger partial charge in [-0.15, -0.1) is 5.92 Å². The van der Waals surface area contributed by atoms with Crippen molar-refractivity contribution >= 4 is 39.5 Å². The van der Waals surface area contributed by atoms with Gasteiger partial charge in [0.1, 0.15) is 34.5 Å². The number of ether oxygens (including phenoxy) is 3. The normalized spacial score (nSPS) is 22.8. The molecule has 0 radical (unpaired) electrons. The SMILES string of the molecule is CC#Cc1cnc(OC2C[C@@H](C(=O)O)N(c3nc(C(F)(F)F)nc4c3oc3ccccc34)C2)c(N2CCOC3(COC3)[C@@H]2C)c1. The predicted molar refractivity (Wildman–Crippen MR) is 155 cm³/mol. The number of anilines is 2. The molecule has 3 aliphatic heterocycles. The van der Waals surface area contributed by atoms with Crippen LogP contribution in [0.2, 0.25) is 0 Å². The van der Waals surface area contributed by atoms with Crippen molar-refractivity contribution in [1.29, 1.82) is 0 Å². The molecule has 3 aliphatic rings. The Morgan fingerprint density at radius 3 is 2.71 bits per heavy atom. The molecule has 3 fully saturated rings. The summed E-state index contributed by atoms with van der Waals surface area (Å²) in [7, 11) is 0. The maximum Gasteiger partial charge on any atom is 0.451 e. The van der Waals surface area contributed by atoms with Crippen molar-refractivity contribution in [1.82, 2.24) is 15.0 Å². The number of furan rings is 1. The molecule has 1 aromatic carbocycles. The van der Waals surface area contributed by atoms with Crippen molar-refractivity contribution in [3.05, 3.63) is 47.9 Å². The van der Waals surface area contributed by atoms with Gasteiger partial charge in [0.15, 0.2) is 11.4 Å². The number of aromatic nitrogens is 3. The van der Waals surface area contributed by atoms with E-state index in [1.165, 1.54) is 4.90 Å². The van der Waals surface area contributed by atoms with Crippen LogP contribution in [0.25, 0.3) is 22.1 Å². The van der Waals surface area contributed by atoms with E-state index in [0.29, 0.717) is 48.6 Å². The van der Waals surface area contributed by atoms with Crippen molar-refractivity contribution in [3.8, 4) is 17.7 Å². The number of para-hydroxylation sites is 1. The molecule has 7 rings (SSSR count). The van der Waals surface area contributed by atoms with Gasteiger partial charge in [0.25, 0.3) is 0 Å². The van der Waals surface area contributed by atoms with E-state index < -0.39 is 35.7 Å². The molecule has 3 saturated heterocycles. The molecule has 0 aliphatic carbocycles. The fourth-order valence-electron chi connectivity index (χ4n) is 6.26. The number of morpholine rings is 1. The second-order valence-corrected chi connectivity index (χ2v) is 11.3. The third kappa shape index (κ3) is 4.96.